The van der Waals surface area contributed by atoms with E-state index < -0.39 is 24.8 Å². The van der Waals surface area contributed by atoms with Crippen LogP contribution in [0.3, 0.4) is 0 Å². The quantitative estimate of drug-likeness (QED) is 0.781. The molecule has 0 unspecified atom stereocenters. The number of halogens is 2. The first-order valence-corrected chi connectivity index (χ1v) is 6.53. The molecule has 2 aliphatic heterocycles. The molecule has 2 nitrogen and oxygen atoms in total. The third kappa shape index (κ3) is 2.08. The zero-order chi connectivity index (χ0) is 16.4. The summed E-state index contributed by atoms with van der Waals surface area (Å²) in [4.78, 5) is 0. The second-order valence-corrected chi connectivity index (χ2v) is 5.13. The molecule has 4 heteroatoms. The largest absolute Gasteiger partial charge is 0.457 e. The monoisotopic (exact) mass is 311 g/mol. The van der Waals surface area contributed by atoms with Gasteiger partial charge in [-0.05, 0) is 29.8 Å². The number of hydrogen-bond donors (Lipinski definition) is 1. The fraction of sp³-hybridized carbons (Fsp3) is 0.250. The van der Waals surface area contributed by atoms with Crippen LogP contribution < -0.4 is 10.1 Å². The summed E-state index contributed by atoms with van der Waals surface area (Å²) in [6, 6.07) is 12.3. The van der Waals surface area contributed by atoms with Crippen LogP contribution in [0.1, 0.15) is 28.4 Å². The van der Waals surface area contributed by atoms with Gasteiger partial charge < -0.3 is 10.1 Å². The third-order valence-corrected chi connectivity index (χ3v) is 3.80. The van der Waals surface area contributed by atoms with Crippen molar-refractivity contribution in [1.82, 2.24) is 5.32 Å². The Balaban J connectivity index is 0.00000169. The van der Waals surface area contributed by atoms with Gasteiger partial charge in [-0.2, -0.15) is 0 Å². The molecule has 2 aromatic carbocycles. The molecule has 1 fully saturated rings. The van der Waals surface area contributed by atoms with Gasteiger partial charge in [-0.3, -0.25) is 0 Å². The van der Waals surface area contributed by atoms with Gasteiger partial charge in [0.1, 0.15) is 11.5 Å². The molecule has 2 aromatic rings. The van der Waals surface area contributed by atoms with Gasteiger partial charge in [0.15, 0.2) is 0 Å². The van der Waals surface area contributed by atoms with Crippen LogP contribution >= 0.6 is 24.0 Å². The van der Waals surface area contributed by atoms with Crippen molar-refractivity contribution in [2.45, 2.75) is 11.8 Å². The van der Waals surface area contributed by atoms with E-state index in [1.165, 1.54) is 0 Å². The summed E-state index contributed by atoms with van der Waals surface area (Å²) in [5.41, 5.74) is 1.24. The summed E-state index contributed by atoms with van der Waals surface area (Å²) >= 11 is 6.10. The Morgan fingerprint density at radius 2 is 1.75 bits per heavy atom. The van der Waals surface area contributed by atoms with E-state index in [0.717, 1.165) is 0 Å². The number of para-hydroxylation sites is 1. The zero-order valence-electron chi connectivity index (χ0n) is 14.4. The molecule has 1 saturated heterocycles. The lowest BCUT2D eigenvalue weighted by Crippen LogP contribution is -2.08. The maximum atomic E-state index is 8.32. The third-order valence-electron chi connectivity index (χ3n) is 3.57. The first kappa shape index (κ1) is 9.67. The number of nitrogens with one attached hydrogen (secondary N) is 1. The molecule has 0 amide bonds. The fourth-order valence-electron chi connectivity index (χ4n) is 2.68. The summed E-state index contributed by atoms with van der Waals surface area (Å²) in [5, 5.41) is 2.98. The normalized spacial score (nSPS) is 30.6. The summed E-state index contributed by atoms with van der Waals surface area (Å²) in [7, 11) is 0. The predicted octanol–water partition coefficient (Wildman–Crippen LogP) is 4.34. The van der Waals surface area contributed by atoms with Gasteiger partial charge in [0.2, 0.25) is 0 Å². The van der Waals surface area contributed by atoms with E-state index in [9.17, 15) is 0 Å². The Hall–Kier alpha value is -1.22. The van der Waals surface area contributed by atoms with Gasteiger partial charge in [0.25, 0.3) is 0 Å². The van der Waals surface area contributed by atoms with Crippen molar-refractivity contribution < 1.29 is 10.2 Å². The minimum Gasteiger partial charge on any atom is -0.457 e. The molecule has 0 spiro atoms. The number of ether oxygens (including phenoxy) is 1. The molecule has 20 heavy (non-hydrogen) atoms. The average molecular weight is 312 g/mol. The lowest BCUT2D eigenvalue weighted by Gasteiger charge is -2.17. The highest BCUT2D eigenvalue weighted by Crippen LogP contribution is 2.48. The lowest BCUT2D eigenvalue weighted by molar-refractivity contribution is 0.476. The summed E-state index contributed by atoms with van der Waals surface area (Å²) in [6.07, 6.45) is 0. The van der Waals surface area contributed by atoms with Gasteiger partial charge in [0, 0.05) is 40.9 Å². The van der Waals surface area contributed by atoms with Crippen molar-refractivity contribution in [2.75, 3.05) is 13.0 Å². The number of rotatable bonds is 0. The SMILES string of the molecule is Cl.[2H]C1([2H])NC([2H])([2H])[C@H]2c3cc(Cl)ccc3Oc3ccccc3[C@@H]21. The molecule has 0 radical (unpaired) electrons. The van der Waals surface area contributed by atoms with Gasteiger partial charge in [-0.25, -0.2) is 0 Å². The molecular formula is C16H15Cl2NO. The van der Waals surface area contributed by atoms with Crippen LogP contribution in [-0.4, -0.2) is 13.0 Å². The first-order chi connectivity index (χ1) is 10.8. The van der Waals surface area contributed by atoms with Gasteiger partial charge >= 0.3 is 0 Å². The van der Waals surface area contributed by atoms with Crippen molar-refractivity contribution in [2.24, 2.45) is 0 Å². The Labute approximate surface area is 135 Å². The van der Waals surface area contributed by atoms with Gasteiger partial charge in [0.05, 0.1) is 0 Å². The van der Waals surface area contributed by atoms with Crippen molar-refractivity contribution in [3.05, 3.63) is 58.6 Å². The fourth-order valence-corrected chi connectivity index (χ4v) is 2.86. The van der Waals surface area contributed by atoms with E-state index in [-0.39, 0.29) is 12.4 Å². The van der Waals surface area contributed by atoms with Crippen LogP contribution in [0.15, 0.2) is 42.5 Å². The highest BCUT2D eigenvalue weighted by molar-refractivity contribution is 6.30. The first-order valence-electron chi connectivity index (χ1n) is 8.15. The van der Waals surface area contributed by atoms with Crippen molar-refractivity contribution in [3.63, 3.8) is 0 Å². The van der Waals surface area contributed by atoms with Gasteiger partial charge in [-0.1, -0.05) is 29.8 Å². The van der Waals surface area contributed by atoms with Crippen molar-refractivity contribution in [1.29, 1.82) is 0 Å². The van der Waals surface area contributed by atoms with Gasteiger partial charge in [-0.15, -0.1) is 12.4 Å². The molecule has 1 N–H and O–H groups in total. The Kier molecular flexibility index (Phi) is 2.55. The second-order valence-electron chi connectivity index (χ2n) is 4.69. The Morgan fingerprint density at radius 3 is 2.60 bits per heavy atom. The smallest absolute Gasteiger partial charge is 0.131 e. The van der Waals surface area contributed by atoms with E-state index in [1.807, 2.05) is 12.1 Å². The maximum absolute atomic E-state index is 8.32. The van der Waals surface area contributed by atoms with Crippen LogP contribution in [0.5, 0.6) is 11.5 Å². The van der Waals surface area contributed by atoms with Crippen LogP contribution in [0.2, 0.25) is 5.02 Å². The van der Waals surface area contributed by atoms with Crippen LogP contribution in [-0.2, 0) is 0 Å². The number of hydrogen-bond acceptors (Lipinski definition) is 2. The molecule has 2 atom stereocenters. The van der Waals surface area contributed by atoms with E-state index in [4.69, 9.17) is 21.8 Å². The molecule has 0 saturated carbocycles. The Morgan fingerprint density at radius 1 is 1.05 bits per heavy atom. The predicted molar refractivity (Wildman–Crippen MR) is 83.6 cm³/mol. The number of benzene rings is 2. The molecule has 2 aliphatic rings. The molecule has 4 rings (SSSR count). The second kappa shape index (κ2) is 5.28. The molecule has 2 heterocycles. The average Bonchev–Trinajstić information content (AvgIpc) is 2.58. The highest BCUT2D eigenvalue weighted by Gasteiger charge is 2.35. The van der Waals surface area contributed by atoms with E-state index in [1.54, 1.807) is 30.3 Å². The van der Waals surface area contributed by atoms with Crippen molar-refractivity contribution in [3.8, 4) is 11.5 Å². The van der Waals surface area contributed by atoms with Crippen LogP contribution in [0, 0.1) is 0 Å². The van der Waals surface area contributed by atoms with Crippen LogP contribution in [0.25, 0.3) is 0 Å². The standard InChI is InChI=1S/C16H14ClNO.ClH/c17-10-5-6-16-12(7-10)14-9-18-8-13(14)11-3-1-2-4-15(11)19-16;/h1-7,13-14,18H,8-9H2;1H/t13-,14-;/m0./s1/i8D2,9D2;. The molecule has 0 aromatic heterocycles. The minimum atomic E-state index is -1.92. The molecule has 0 bridgehead atoms. The zero-order valence-corrected chi connectivity index (χ0v) is 12.0. The Bertz CT molecular complexity index is 799. The van der Waals surface area contributed by atoms with E-state index in [0.29, 0.717) is 27.6 Å². The molecule has 0 aliphatic carbocycles. The lowest BCUT2D eigenvalue weighted by atomic mass is 9.84. The summed E-state index contributed by atoms with van der Waals surface area (Å²) in [5.74, 6) is -0.395. The summed E-state index contributed by atoms with van der Waals surface area (Å²) < 4.78 is 39.2. The highest BCUT2D eigenvalue weighted by atomic mass is 35.5. The summed E-state index contributed by atoms with van der Waals surface area (Å²) in [6.45, 7) is -3.83. The number of fused-ring (bicyclic) bond motifs is 5. The minimum absolute atomic E-state index is 0. The molecule has 104 valence electrons. The van der Waals surface area contributed by atoms with Crippen LogP contribution in [0.4, 0.5) is 0 Å². The maximum Gasteiger partial charge on any atom is 0.131 e. The van der Waals surface area contributed by atoms with E-state index >= 15 is 0 Å². The molecular weight excluding hydrogens is 293 g/mol. The van der Waals surface area contributed by atoms with E-state index in [2.05, 4.69) is 5.32 Å². The topological polar surface area (TPSA) is 21.3 Å². The van der Waals surface area contributed by atoms with Crippen molar-refractivity contribution >= 4 is 24.0 Å².